The fourth-order valence-corrected chi connectivity index (χ4v) is 5.51. The third-order valence-electron chi connectivity index (χ3n) is 7.59. The van der Waals surface area contributed by atoms with Crippen molar-refractivity contribution in [3.63, 3.8) is 0 Å². The zero-order valence-electron chi connectivity index (χ0n) is 19.5. The number of aromatic nitrogens is 1. The second-order valence-electron chi connectivity index (χ2n) is 10.9. The van der Waals surface area contributed by atoms with Crippen LogP contribution in [0.1, 0.15) is 59.9 Å². The van der Waals surface area contributed by atoms with Gasteiger partial charge in [-0.05, 0) is 59.6 Å². The number of nitrogens with one attached hydrogen (secondary N) is 2. The average molecular weight is 422 g/mol. The molecule has 2 N–H and O–H groups in total. The number of fused-ring (bicyclic) bond motifs is 2. The van der Waals surface area contributed by atoms with E-state index in [4.69, 9.17) is 4.74 Å². The van der Waals surface area contributed by atoms with Crippen LogP contribution in [0.25, 0.3) is 0 Å². The van der Waals surface area contributed by atoms with Gasteiger partial charge in [0.2, 0.25) is 5.88 Å². The van der Waals surface area contributed by atoms with Crippen molar-refractivity contribution in [2.24, 2.45) is 23.2 Å². The number of pyridine rings is 1. The number of urea groups is 1. The summed E-state index contributed by atoms with van der Waals surface area (Å²) in [6.07, 6.45) is 4.02. The highest BCUT2D eigenvalue weighted by Crippen LogP contribution is 2.61. The summed E-state index contributed by atoms with van der Waals surface area (Å²) < 4.78 is 6.18. The fourth-order valence-electron chi connectivity index (χ4n) is 5.51. The Morgan fingerprint density at radius 3 is 2.55 bits per heavy atom. The van der Waals surface area contributed by atoms with Gasteiger partial charge >= 0.3 is 6.03 Å². The average Bonchev–Trinajstić information content (AvgIpc) is 2.70. The molecule has 1 aromatic carbocycles. The highest BCUT2D eigenvalue weighted by atomic mass is 16.5. The fraction of sp³-hybridized carbons (Fsp3) is 0.538. The second kappa shape index (κ2) is 7.85. The molecule has 3 fully saturated rings. The molecule has 0 aliphatic heterocycles. The normalized spacial score (nSPS) is 26.5. The maximum absolute atomic E-state index is 12.8. The zero-order chi connectivity index (χ0) is 22.4. The molecule has 31 heavy (non-hydrogen) atoms. The van der Waals surface area contributed by atoms with Gasteiger partial charge in [-0.2, -0.15) is 0 Å². The molecule has 5 nitrogen and oxygen atoms in total. The van der Waals surface area contributed by atoms with Gasteiger partial charge in [-0.25, -0.2) is 9.78 Å². The van der Waals surface area contributed by atoms with Gasteiger partial charge in [0.25, 0.3) is 0 Å². The Hall–Kier alpha value is -2.56. The minimum absolute atomic E-state index is 0.0674. The lowest BCUT2D eigenvalue weighted by Gasteiger charge is -2.62. The Kier molecular flexibility index (Phi) is 5.48. The number of carbonyl (C=O) groups is 1. The summed E-state index contributed by atoms with van der Waals surface area (Å²) in [6.45, 7) is 13.5. The van der Waals surface area contributed by atoms with Gasteiger partial charge in [0.05, 0.1) is 0 Å². The van der Waals surface area contributed by atoms with Gasteiger partial charge in [-0.1, -0.05) is 59.7 Å². The van der Waals surface area contributed by atoms with E-state index in [1.165, 1.54) is 6.42 Å². The lowest BCUT2D eigenvalue weighted by atomic mass is 9.45. The van der Waals surface area contributed by atoms with Crippen molar-refractivity contribution >= 4 is 11.7 Å². The van der Waals surface area contributed by atoms with Crippen molar-refractivity contribution in [1.29, 1.82) is 0 Å². The number of carbonyl (C=O) groups excluding carboxylic acids is 1. The molecule has 4 unspecified atom stereocenters. The highest BCUT2D eigenvalue weighted by Gasteiger charge is 2.56. The van der Waals surface area contributed by atoms with E-state index in [-0.39, 0.29) is 17.5 Å². The highest BCUT2D eigenvalue weighted by molar-refractivity contribution is 5.90. The number of rotatable bonds is 4. The molecule has 2 bridgehead atoms. The SMILES string of the molecule is CC1C(NC(=O)Nc2cccnc2Oc2ccccc2C(C)(C)C)CC2CC1C2(C)C. The lowest BCUT2D eigenvalue weighted by molar-refractivity contribution is -0.112. The molecule has 4 atom stereocenters. The van der Waals surface area contributed by atoms with Crippen LogP contribution in [0.4, 0.5) is 10.5 Å². The first kappa shape index (κ1) is 21.7. The van der Waals surface area contributed by atoms with Crippen LogP contribution < -0.4 is 15.4 Å². The summed E-state index contributed by atoms with van der Waals surface area (Å²) in [5, 5.41) is 6.18. The monoisotopic (exact) mass is 421 g/mol. The predicted molar refractivity (Wildman–Crippen MR) is 125 cm³/mol. The molecular weight excluding hydrogens is 386 g/mol. The summed E-state index contributed by atoms with van der Waals surface area (Å²) >= 11 is 0. The van der Waals surface area contributed by atoms with Crippen molar-refractivity contribution in [1.82, 2.24) is 10.3 Å². The summed E-state index contributed by atoms with van der Waals surface area (Å²) in [5.74, 6) is 3.01. The summed E-state index contributed by atoms with van der Waals surface area (Å²) in [4.78, 5) is 17.2. The third kappa shape index (κ3) is 4.15. The Labute approximate surface area is 186 Å². The van der Waals surface area contributed by atoms with Crippen molar-refractivity contribution in [2.75, 3.05) is 5.32 Å². The maximum Gasteiger partial charge on any atom is 0.319 e. The smallest absolute Gasteiger partial charge is 0.319 e. The zero-order valence-corrected chi connectivity index (χ0v) is 19.5. The van der Waals surface area contributed by atoms with E-state index in [1.54, 1.807) is 12.3 Å². The van der Waals surface area contributed by atoms with Gasteiger partial charge in [-0.3, -0.25) is 0 Å². The number of anilines is 1. The van der Waals surface area contributed by atoms with Crippen molar-refractivity contribution in [3.05, 3.63) is 48.2 Å². The topological polar surface area (TPSA) is 63.2 Å². The van der Waals surface area contributed by atoms with Crippen LogP contribution >= 0.6 is 0 Å². The third-order valence-corrected chi connectivity index (χ3v) is 7.59. The van der Waals surface area contributed by atoms with E-state index < -0.39 is 0 Å². The molecule has 0 radical (unpaired) electrons. The number of hydrogen-bond donors (Lipinski definition) is 2. The quantitative estimate of drug-likeness (QED) is 0.603. The predicted octanol–water partition coefficient (Wildman–Crippen LogP) is 6.36. The molecule has 3 aliphatic carbocycles. The molecule has 2 aromatic rings. The Morgan fingerprint density at radius 2 is 1.87 bits per heavy atom. The molecule has 0 saturated heterocycles. The lowest BCUT2D eigenvalue weighted by Crippen LogP contribution is -2.61. The molecule has 5 rings (SSSR count). The van der Waals surface area contributed by atoms with E-state index >= 15 is 0 Å². The number of hydrogen-bond acceptors (Lipinski definition) is 3. The number of nitrogens with zero attached hydrogens (tertiary/aromatic N) is 1. The van der Waals surface area contributed by atoms with Crippen molar-refractivity contribution in [2.45, 2.75) is 65.8 Å². The number of ether oxygens (including phenoxy) is 1. The van der Waals surface area contributed by atoms with Crippen molar-refractivity contribution in [3.8, 4) is 11.6 Å². The summed E-state index contributed by atoms with van der Waals surface area (Å²) in [5.41, 5.74) is 1.99. The van der Waals surface area contributed by atoms with E-state index in [0.29, 0.717) is 34.7 Å². The molecule has 3 aliphatic rings. The van der Waals surface area contributed by atoms with Crippen LogP contribution in [0.2, 0.25) is 0 Å². The number of benzene rings is 1. The van der Waals surface area contributed by atoms with Gasteiger partial charge in [0.1, 0.15) is 11.4 Å². The summed E-state index contributed by atoms with van der Waals surface area (Å²) in [6, 6.07) is 11.6. The van der Waals surface area contributed by atoms with E-state index in [2.05, 4.69) is 63.2 Å². The second-order valence-corrected chi connectivity index (χ2v) is 10.9. The molecule has 1 heterocycles. The van der Waals surface area contributed by atoms with Gasteiger partial charge in [-0.15, -0.1) is 0 Å². The Balaban J connectivity index is 1.46. The van der Waals surface area contributed by atoms with E-state index in [1.807, 2.05) is 24.3 Å². The molecule has 0 spiro atoms. The number of para-hydroxylation sites is 1. The standard InChI is InChI=1S/C26H35N3O2/c1-16-19-14-17(26(19,5)6)15-21(16)29-24(30)28-20-11-9-13-27-23(20)31-22-12-8-7-10-18(22)25(2,3)4/h7-13,16-17,19,21H,14-15H2,1-6H3,(H2,28,29,30). The van der Waals surface area contributed by atoms with Crippen LogP contribution in [0.3, 0.4) is 0 Å². The van der Waals surface area contributed by atoms with Gasteiger partial charge in [0, 0.05) is 17.8 Å². The first-order chi connectivity index (χ1) is 14.6. The van der Waals surface area contributed by atoms with Crippen LogP contribution in [0.15, 0.2) is 42.6 Å². The largest absolute Gasteiger partial charge is 0.437 e. The molecule has 3 saturated carbocycles. The minimum atomic E-state index is -0.196. The van der Waals surface area contributed by atoms with Gasteiger partial charge < -0.3 is 15.4 Å². The molecule has 2 amide bonds. The molecule has 1 aromatic heterocycles. The summed E-state index contributed by atoms with van der Waals surface area (Å²) in [7, 11) is 0. The molecule has 166 valence electrons. The first-order valence-corrected chi connectivity index (χ1v) is 11.4. The molecule has 5 heteroatoms. The Morgan fingerprint density at radius 1 is 1.13 bits per heavy atom. The minimum Gasteiger partial charge on any atom is -0.437 e. The van der Waals surface area contributed by atoms with Gasteiger partial charge in [0.15, 0.2) is 0 Å². The van der Waals surface area contributed by atoms with Crippen LogP contribution in [0, 0.1) is 23.2 Å². The Bertz CT molecular complexity index is 963. The maximum atomic E-state index is 12.8. The molecular formula is C26H35N3O2. The number of amides is 2. The van der Waals surface area contributed by atoms with E-state index in [0.717, 1.165) is 17.7 Å². The van der Waals surface area contributed by atoms with E-state index in [9.17, 15) is 4.79 Å². The van der Waals surface area contributed by atoms with Crippen molar-refractivity contribution < 1.29 is 9.53 Å². The van der Waals surface area contributed by atoms with Crippen LogP contribution in [-0.2, 0) is 5.41 Å². The van der Waals surface area contributed by atoms with Crippen LogP contribution in [0.5, 0.6) is 11.6 Å². The van der Waals surface area contributed by atoms with Crippen LogP contribution in [-0.4, -0.2) is 17.1 Å². The first-order valence-electron chi connectivity index (χ1n) is 11.4.